The number of hydrazine groups is 1. The molecule has 0 aromatic rings. The smallest absolute Gasteiger partial charge is 0.275 e. The number of nitrogens with one attached hydrogen (secondary N) is 3. The van der Waals surface area contributed by atoms with Crippen LogP contribution in [0.3, 0.4) is 0 Å². The molecule has 11 heavy (non-hydrogen) atoms. The molecule has 0 radical (unpaired) electrons. The molecule has 0 aromatic heterocycles. The van der Waals surface area contributed by atoms with Gasteiger partial charge in [-0.15, -0.1) is 0 Å². The lowest BCUT2D eigenvalue weighted by atomic mass is 10.7. The highest BCUT2D eigenvalue weighted by molar-refractivity contribution is 7.80. The molecule has 0 spiro atoms. The van der Waals surface area contributed by atoms with Crippen molar-refractivity contribution in [2.75, 3.05) is 13.7 Å². The summed E-state index contributed by atoms with van der Waals surface area (Å²) >= 11 is 9.49. The van der Waals surface area contributed by atoms with Gasteiger partial charge in [0.05, 0.1) is 7.11 Å². The first kappa shape index (κ1) is 10.4. The van der Waals surface area contributed by atoms with Gasteiger partial charge in [0.15, 0.2) is 5.11 Å². The third-order valence-electron chi connectivity index (χ3n) is 0.801. The predicted octanol–water partition coefficient (Wildman–Crippen LogP) is -0.0937. The van der Waals surface area contributed by atoms with Crippen molar-refractivity contribution >= 4 is 34.7 Å². The quantitative estimate of drug-likeness (QED) is 0.399. The molecular formula is C5H11N3OS2. The molecule has 0 aliphatic heterocycles. The summed E-state index contributed by atoms with van der Waals surface area (Å²) in [6.07, 6.45) is 0. The summed E-state index contributed by atoms with van der Waals surface area (Å²) in [4.78, 5) is 0. The zero-order valence-electron chi connectivity index (χ0n) is 6.43. The van der Waals surface area contributed by atoms with Crippen molar-refractivity contribution in [3.63, 3.8) is 0 Å². The van der Waals surface area contributed by atoms with E-state index >= 15 is 0 Å². The fourth-order valence-electron chi connectivity index (χ4n) is 0.364. The first-order chi connectivity index (χ1) is 5.20. The Hall–Kier alpha value is -0.620. The van der Waals surface area contributed by atoms with E-state index in [1.54, 1.807) is 0 Å². The van der Waals surface area contributed by atoms with E-state index in [-0.39, 0.29) is 5.17 Å². The van der Waals surface area contributed by atoms with E-state index in [1.807, 2.05) is 6.92 Å². The minimum Gasteiger partial charge on any atom is -0.473 e. The zero-order valence-corrected chi connectivity index (χ0v) is 8.06. The summed E-state index contributed by atoms with van der Waals surface area (Å²) in [7, 11) is 1.48. The molecule has 0 amide bonds. The van der Waals surface area contributed by atoms with E-state index in [1.165, 1.54) is 7.11 Å². The lowest BCUT2D eigenvalue weighted by Crippen LogP contribution is -2.46. The van der Waals surface area contributed by atoms with Crippen LogP contribution in [0.1, 0.15) is 6.92 Å². The van der Waals surface area contributed by atoms with Gasteiger partial charge >= 0.3 is 0 Å². The van der Waals surface area contributed by atoms with Crippen LogP contribution in [0, 0.1) is 0 Å². The number of thiocarbonyl (C=S) groups is 2. The monoisotopic (exact) mass is 193 g/mol. The van der Waals surface area contributed by atoms with Crippen LogP contribution in [0.15, 0.2) is 0 Å². The highest BCUT2D eigenvalue weighted by Gasteiger charge is 1.93. The number of hydrogen-bond donors (Lipinski definition) is 3. The molecule has 0 heterocycles. The van der Waals surface area contributed by atoms with E-state index in [9.17, 15) is 0 Å². The van der Waals surface area contributed by atoms with Crippen molar-refractivity contribution in [1.82, 2.24) is 16.2 Å². The highest BCUT2D eigenvalue weighted by Crippen LogP contribution is 1.68. The fourth-order valence-corrected chi connectivity index (χ4v) is 0.610. The van der Waals surface area contributed by atoms with Gasteiger partial charge in [0.25, 0.3) is 5.17 Å². The van der Waals surface area contributed by atoms with E-state index in [4.69, 9.17) is 12.2 Å². The van der Waals surface area contributed by atoms with Gasteiger partial charge in [0.1, 0.15) is 0 Å². The lowest BCUT2D eigenvalue weighted by molar-refractivity contribution is 0.389. The second-order valence-electron chi connectivity index (χ2n) is 1.60. The Bertz CT molecular complexity index is 151. The van der Waals surface area contributed by atoms with Crippen LogP contribution >= 0.6 is 24.4 Å². The zero-order chi connectivity index (χ0) is 8.69. The molecule has 64 valence electrons. The topological polar surface area (TPSA) is 45.3 Å². The second kappa shape index (κ2) is 6.11. The van der Waals surface area contributed by atoms with Crippen molar-refractivity contribution in [2.24, 2.45) is 0 Å². The highest BCUT2D eigenvalue weighted by atomic mass is 32.1. The molecule has 6 heteroatoms. The molecule has 0 fully saturated rings. The minimum atomic E-state index is 0.255. The average Bonchev–Trinajstić information content (AvgIpc) is 2.01. The van der Waals surface area contributed by atoms with Crippen LogP contribution in [0.4, 0.5) is 0 Å². The van der Waals surface area contributed by atoms with Gasteiger partial charge in [0.2, 0.25) is 0 Å². The maximum atomic E-state index is 4.82. The van der Waals surface area contributed by atoms with Crippen molar-refractivity contribution in [3.05, 3.63) is 0 Å². The number of ether oxygens (including phenoxy) is 1. The van der Waals surface area contributed by atoms with Crippen LogP contribution in [0.25, 0.3) is 0 Å². The third-order valence-corrected chi connectivity index (χ3v) is 1.32. The first-order valence-corrected chi connectivity index (χ1v) is 3.90. The molecule has 0 atom stereocenters. The van der Waals surface area contributed by atoms with Crippen molar-refractivity contribution in [1.29, 1.82) is 0 Å². The van der Waals surface area contributed by atoms with E-state index in [2.05, 4.69) is 33.1 Å². The largest absolute Gasteiger partial charge is 0.473 e. The predicted molar refractivity (Wildman–Crippen MR) is 52.2 cm³/mol. The summed E-state index contributed by atoms with van der Waals surface area (Å²) in [5.41, 5.74) is 5.21. The molecule has 0 saturated carbocycles. The van der Waals surface area contributed by atoms with Gasteiger partial charge in [-0.3, -0.25) is 10.9 Å². The summed E-state index contributed by atoms with van der Waals surface area (Å²) in [5, 5.41) is 3.61. The lowest BCUT2D eigenvalue weighted by Gasteiger charge is -2.10. The summed E-state index contributed by atoms with van der Waals surface area (Å²) in [6, 6.07) is 0. The van der Waals surface area contributed by atoms with E-state index in [0.717, 1.165) is 6.54 Å². The molecule has 0 aliphatic carbocycles. The van der Waals surface area contributed by atoms with Gasteiger partial charge in [-0.2, -0.15) is 0 Å². The number of rotatable bonds is 1. The first-order valence-electron chi connectivity index (χ1n) is 3.08. The number of methoxy groups -OCH3 is 1. The molecule has 0 aromatic carbocycles. The van der Waals surface area contributed by atoms with E-state index < -0.39 is 0 Å². The van der Waals surface area contributed by atoms with Crippen LogP contribution in [0.2, 0.25) is 0 Å². The SMILES string of the molecule is CCNC(=S)NNC(=S)OC. The number of hydrogen-bond acceptors (Lipinski definition) is 3. The molecular weight excluding hydrogens is 182 g/mol. The van der Waals surface area contributed by atoms with Crippen LogP contribution < -0.4 is 16.2 Å². The van der Waals surface area contributed by atoms with Gasteiger partial charge in [-0.05, 0) is 31.4 Å². The van der Waals surface area contributed by atoms with Gasteiger partial charge < -0.3 is 10.1 Å². The normalized spacial score (nSPS) is 8.18. The molecule has 0 bridgehead atoms. The Morgan fingerprint density at radius 3 is 2.45 bits per heavy atom. The maximum Gasteiger partial charge on any atom is 0.275 e. The molecule has 0 rings (SSSR count). The molecule has 0 aliphatic rings. The minimum absolute atomic E-state index is 0.255. The Kier molecular flexibility index (Phi) is 5.77. The Morgan fingerprint density at radius 2 is 2.00 bits per heavy atom. The Balaban J connectivity index is 3.38. The Morgan fingerprint density at radius 1 is 1.36 bits per heavy atom. The summed E-state index contributed by atoms with van der Waals surface area (Å²) < 4.78 is 4.65. The average molecular weight is 193 g/mol. The van der Waals surface area contributed by atoms with Crippen molar-refractivity contribution in [2.45, 2.75) is 6.92 Å². The van der Waals surface area contributed by atoms with Crippen LogP contribution in [-0.2, 0) is 4.74 Å². The van der Waals surface area contributed by atoms with Gasteiger partial charge in [0, 0.05) is 6.54 Å². The van der Waals surface area contributed by atoms with Gasteiger partial charge in [-0.25, -0.2) is 0 Å². The Labute approximate surface area is 76.6 Å². The van der Waals surface area contributed by atoms with Crippen LogP contribution in [-0.4, -0.2) is 23.9 Å². The molecule has 4 nitrogen and oxygen atoms in total. The van der Waals surface area contributed by atoms with Crippen molar-refractivity contribution < 1.29 is 4.74 Å². The van der Waals surface area contributed by atoms with Crippen LogP contribution in [0.5, 0.6) is 0 Å². The second-order valence-corrected chi connectivity index (χ2v) is 2.38. The van der Waals surface area contributed by atoms with Crippen molar-refractivity contribution in [3.8, 4) is 0 Å². The fraction of sp³-hybridized carbons (Fsp3) is 0.600. The standard InChI is InChI=1S/C5H11N3OS2/c1-3-6-4(10)7-8-5(11)9-2/h3H2,1-2H3,(H,8,11)(H2,6,7,10). The van der Waals surface area contributed by atoms with E-state index in [0.29, 0.717) is 5.11 Å². The molecule has 0 saturated heterocycles. The summed E-state index contributed by atoms with van der Waals surface area (Å²) in [5.74, 6) is 0. The third kappa shape index (κ3) is 5.81. The van der Waals surface area contributed by atoms with Gasteiger partial charge in [-0.1, -0.05) is 0 Å². The maximum absolute atomic E-state index is 4.82. The molecule has 0 unspecified atom stereocenters. The molecule has 3 N–H and O–H groups in total. The summed E-state index contributed by atoms with van der Waals surface area (Å²) in [6.45, 7) is 2.72.